The Labute approximate surface area is 169 Å². The summed E-state index contributed by atoms with van der Waals surface area (Å²) in [6.45, 7) is 2.70. The van der Waals surface area contributed by atoms with Gasteiger partial charge in [-0.2, -0.15) is 0 Å². The van der Waals surface area contributed by atoms with Gasteiger partial charge in [-0.1, -0.05) is 30.3 Å². The normalized spacial score (nSPS) is 20.7. The maximum Gasteiger partial charge on any atom is 0.265 e. The highest BCUT2D eigenvalue weighted by Gasteiger charge is 2.34. The largest absolute Gasteiger partial charge is 0.479 e. The molecule has 3 amide bonds. The van der Waals surface area contributed by atoms with E-state index in [2.05, 4.69) is 10.6 Å². The molecule has 0 saturated carbocycles. The zero-order valence-electron chi connectivity index (χ0n) is 16.2. The molecular formula is C22H23N3O4. The van der Waals surface area contributed by atoms with E-state index in [-0.39, 0.29) is 30.1 Å². The van der Waals surface area contributed by atoms with Crippen LogP contribution in [0.15, 0.2) is 48.5 Å². The van der Waals surface area contributed by atoms with Crippen LogP contribution in [0.25, 0.3) is 0 Å². The van der Waals surface area contributed by atoms with Crippen molar-refractivity contribution in [1.29, 1.82) is 0 Å². The van der Waals surface area contributed by atoms with Crippen molar-refractivity contribution in [2.24, 2.45) is 5.92 Å². The standard InChI is InChI=1S/C22H23N3O4/c1-14-21(27)24-18-12-17(7-8-19(18)29-14)23-22(28)16-11-20(26)25(13-16)10-9-15-5-3-2-4-6-15/h2-8,12,14,16H,9-11,13H2,1H3,(H,23,28)(H,24,27)/t14-,16-/m0/s1. The van der Waals surface area contributed by atoms with E-state index in [9.17, 15) is 14.4 Å². The minimum atomic E-state index is -0.547. The molecule has 4 rings (SSSR count). The molecule has 2 N–H and O–H groups in total. The van der Waals surface area contributed by atoms with Gasteiger partial charge >= 0.3 is 0 Å². The quantitative estimate of drug-likeness (QED) is 0.817. The van der Waals surface area contributed by atoms with Gasteiger partial charge in [-0.3, -0.25) is 14.4 Å². The van der Waals surface area contributed by atoms with E-state index >= 15 is 0 Å². The van der Waals surface area contributed by atoms with Gasteiger partial charge in [0.1, 0.15) is 5.75 Å². The molecule has 1 saturated heterocycles. The Morgan fingerprint density at radius 2 is 2.00 bits per heavy atom. The molecule has 2 aromatic rings. The molecule has 29 heavy (non-hydrogen) atoms. The number of nitrogens with zero attached hydrogens (tertiary/aromatic N) is 1. The van der Waals surface area contributed by atoms with Gasteiger partial charge in [-0.25, -0.2) is 0 Å². The third kappa shape index (κ3) is 4.23. The van der Waals surface area contributed by atoms with Gasteiger partial charge in [-0.05, 0) is 37.1 Å². The van der Waals surface area contributed by atoms with Crippen LogP contribution in [0, 0.1) is 5.92 Å². The highest BCUT2D eigenvalue weighted by atomic mass is 16.5. The predicted molar refractivity (Wildman–Crippen MR) is 109 cm³/mol. The summed E-state index contributed by atoms with van der Waals surface area (Å²) in [4.78, 5) is 38.5. The first-order chi connectivity index (χ1) is 14.0. The molecule has 2 aromatic carbocycles. The van der Waals surface area contributed by atoms with Crippen LogP contribution in [0.4, 0.5) is 11.4 Å². The highest BCUT2D eigenvalue weighted by Crippen LogP contribution is 2.32. The second kappa shape index (κ2) is 7.95. The fourth-order valence-corrected chi connectivity index (χ4v) is 3.60. The van der Waals surface area contributed by atoms with Gasteiger partial charge in [0.15, 0.2) is 6.10 Å². The first-order valence-electron chi connectivity index (χ1n) is 9.74. The van der Waals surface area contributed by atoms with Crippen molar-refractivity contribution in [3.63, 3.8) is 0 Å². The predicted octanol–water partition coefficient (Wildman–Crippen LogP) is 2.44. The van der Waals surface area contributed by atoms with Crippen LogP contribution in [-0.4, -0.2) is 41.8 Å². The Kier molecular flexibility index (Phi) is 5.20. The number of likely N-dealkylation sites (tertiary alicyclic amines) is 1. The summed E-state index contributed by atoms with van der Waals surface area (Å²) in [6.07, 6.45) is 0.432. The van der Waals surface area contributed by atoms with Crippen LogP contribution < -0.4 is 15.4 Å². The molecule has 7 heteroatoms. The number of amides is 3. The number of hydrogen-bond donors (Lipinski definition) is 2. The number of hydrogen-bond acceptors (Lipinski definition) is 4. The average Bonchev–Trinajstić information content (AvgIpc) is 3.09. The van der Waals surface area contributed by atoms with Gasteiger partial charge < -0.3 is 20.3 Å². The maximum atomic E-state index is 12.7. The SMILES string of the molecule is C[C@@H]1Oc2ccc(NC(=O)[C@H]3CC(=O)N(CCc4ccccc4)C3)cc2NC1=O. The molecule has 2 heterocycles. The Bertz CT molecular complexity index is 944. The topological polar surface area (TPSA) is 87.7 Å². The monoisotopic (exact) mass is 393 g/mol. The first-order valence-corrected chi connectivity index (χ1v) is 9.74. The number of rotatable bonds is 5. The zero-order chi connectivity index (χ0) is 20.4. The second-order valence-electron chi connectivity index (χ2n) is 7.43. The smallest absolute Gasteiger partial charge is 0.265 e. The fourth-order valence-electron chi connectivity index (χ4n) is 3.60. The molecule has 2 aliphatic heterocycles. The summed E-state index contributed by atoms with van der Waals surface area (Å²) in [5.41, 5.74) is 2.25. The molecule has 0 spiro atoms. The highest BCUT2D eigenvalue weighted by molar-refractivity contribution is 6.00. The molecule has 2 aliphatic rings. The third-order valence-corrected chi connectivity index (χ3v) is 5.28. The van der Waals surface area contributed by atoms with E-state index in [1.807, 2.05) is 30.3 Å². The lowest BCUT2D eigenvalue weighted by atomic mass is 10.1. The van der Waals surface area contributed by atoms with Crippen molar-refractivity contribution in [2.45, 2.75) is 25.9 Å². The summed E-state index contributed by atoms with van der Waals surface area (Å²) in [5, 5.41) is 5.61. The minimum Gasteiger partial charge on any atom is -0.479 e. The Morgan fingerprint density at radius 1 is 1.21 bits per heavy atom. The van der Waals surface area contributed by atoms with E-state index in [1.54, 1.807) is 30.0 Å². The van der Waals surface area contributed by atoms with Crippen LogP contribution in [0.5, 0.6) is 5.75 Å². The van der Waals surface area contributed by atoms with Crippen molar-refractivity contribution >= 4 is 29.1 Å². The second-order valence-corrected chi connectivity index (χ2v) is 7.43. The third-order valence-electron chi connectivity index (χ3n) is 5.28. The lowest BCUT2D eigenvalue weighted by Crippen LogP contribution is -2.34. The van der Waals surface area contributed by atoms with Crippen LogP contribution >= 0.6 is 0 Å². The molecule has 0 radical (unpaired) electrons. The van der Waals surface area contributed by atoms with Gasteiger partial charge in [0.25, 0.3) is 5.91 Å². The number of ether oxygens (including phenoxy) is 1. The maximum absolute atomic E-state index is 12.7. The van der Waals surface area contributed by atoms with Crippen LogP contribution in [0.1, 0.15) is 18.9 Å². The fraction of sp³-hybridized carbons (Fsp3) is 0.318. The van der Waals surface area contributed by atoms with Crippen LogP contribution in [-0.2, 0) is 20.8 Å². The summed E-state index contributed by atoms with van der Waals surface area (Å²) < 4.78 is 5.52. The number of anilines is 2. The summed E-state index contributed by atoms with van der Waals surface area (Å²) in [7, 11) is 0. The Balaban J connectivity index is 1.35. The molecular weight excluding hydrogens is 370 g/mol. The Hall–Kier alpha value is -3.35. The van der Waals surface area contributed by atoms with Gasteiger partial charge in [0.2, 0.25) is 11.8 Å². The summed E-state index contributed by atoms with van der Waals surface area (Å²) >= 11 is 0. The lowest BCUT2D eigenvalue weighted by Gasteiger charge is -2.24. The lowest BCUT2D eigenvalue weighted by molar-refractivity contribution is -0.128. The van der Waals surface area contributed by atoms with Crippen molar-refractivity contribution in [3.05, 3.63) is 54.1 Å². The van der Waals surface area contributed by atoms with E-state index in [1.165, 1.54) is 5.56 Å². The van der Waals surface area contributed by atoms with Crippen molar-refractivity contribution in [3.8, 4) is 5.75 Å². The molecule has 0 unspecified atom stereocenters. The van der Waals surface area contributed by atoms with Crippen molar-refractivity contribution in [2.75, 3.05) is 23.7 Å². The number of carbonyl (C=O) groups is 3. The van der Waals surface area contributed by atoms with E-state index in [0.29, 0.717) is 30.2 Å². The number of benzene rings is 2. The molecule has 7 nitrogen and oxygen atoms in total. The van der Waals surface area contributed by atoms with Crippen molar-refractivity contribution in [1.82, 2.24) is 4.90 Å². The number of fused-ring (bicyclic) bond motifs is 1. The molecule has 1 fully saturated rings. The number of nitrogens with one attached hydrogen (secondary N) is 2. The van der Waals surface area contributed by atoms with E-state index < -0.39 is 6.10 Å². The summed E-state index contributed by atoms with van der Waals surface area (Å²) in [5.74, 6) is -0.243. The molecule has 0 aliphatic carbocycles. The van der Waals surface area contributed by atoms with Crippen LogP contribution in [0.2, 0.25) is 0 Å². The first kappa shape index (κ1) is 19.0. The van der Waals surface area contributed by atoms with Gasteiger partial charge in [0, 0.05) is 25.2 Å². The van der Waals surface area contributed by atoms with Crippen LogP contribution in [0.3, 0.4) is 0 Å². The minimum absolute atomic E-state index is 0.00109. The van der Waals surface area contributed by atoms with E-state index in [0.717, 1.165) is 6.42 Å². The van der Waals surface area contributed by atoms with Crippen molar-refractivity contribution < 1.29 is 19.1 Å². The zero-order valence-corrected chi connectivity index (χ0v) is 16.2. The molecule has 150 valence electrons. The number of carbonyl (C=O) groups excluding carboxylic acids is 3. The molecule has 0 aromatic heterocycles. The molecule has 0 bridgehead atoms. The Morgan fingerprint density at radius 3 is 2.79 bits per heavy atom. The van der Waals surface area contributed by atoms with E-state index in [4.69, 9.17) is 4.74 Å². The van der Waals surface area contributed by atoms with Gasteiger partial charge in [-0.15, -0.1) is 0 Å². The molecule has 2 atom stereocenters. The van der Waals surface area contributed by atoms with Gasteiger partial charge in [0.05, 0.1) is 11.6 Å². The summed E-state index contributed by atoms with van der Waals surface area (Å²) in [6, 6.07) is 15.1. The average molecular weight is 393 g/mol.